The molecule has 2 heterocycles. The molecule has 0 bridgehead atoms. The first-order valence-corrected chi connectivity index (χ1v) is 7.37. The number of benzene rings is 1. The lowest BCUT2D eigenvalue weighted by Crippen LogP contribution is -2.28. The monoisotopic (exact) mass is 359 g/mol. The van der Waals surface area contributed by atoms with E-state index in [1.165, 1.54) is 24.7 Å². The Morgan fingerprint density at radius 1 is 1.32 bits per heavy atom. The van der Waals surface area contributed by atoms with Gasteiger partial charge in [0.1, 0.15) is 6.54 Å². The van der Waals surface area contributed by atoms with Crippen LogP contribution in [0.4, 0.5) is 11.4 Å². The van der Waals surface area contributed by atoms with E-state index in [0.717, 1.165) is 10.6 Å². The third kappa shape index (κ3) is 3.45. The lowest BCUT2D eigenvalue weighted by Gasteiger charge is -2.08. The van der Waals surface area contributed by atoms with Gasteiger partial charge < -0.3 is 5.32 Å². The second-order valence-corrected chi connectivity index (χ2v) is 5.38. The Morgan fingerprint density at radius 3 is 2.84 bits per heavy atom. The van der Waals surface area contributed by atoms with Crippen LogP contribution in [0.2, 0.25) is 5.15 Å². The summed E-state index contributed by atoms with van der Waals surface area (Å²) in [5.41, 5.74) is -0.161. The number of hydrogen-bond acceptors (Lipinski definition) is 6. The lowest BCUT2D eigenvalue weighted by atomic mass is 10.2. The number of fused-ring (bicyclic) bond motifs is 1. The molecule has 9 nitrogen and oxygen atoms in total. The molecular formula is C15H10ClN5O4. The molecule has 0 fully saturated rings. The van der Waals surface area contributed by atoms with E-state index >= 15 is 0 Å². The van der Waals surface area contributed by atoms with Gasteiger partial charge >= 0.3 is 0 Å². The summed E-state index contributed by atoms with van der Waals surface area (Å²) in [6, 6.07) is 6.95. The highest BCUT2D eigenvalue weighted by molar-refractivity contribution is 6.32. The number of non-ortho nitro benzene ring substituents is 1. The Labute approximate surface area is 145 Å². The van der Waals surface area contributed by atoms with Crippen LogP contribution in [-0.4, -0.2) is 25.4 Å². The van der Waals surface area contributed by atoms with Crippen molar-refractivity contribution < 1.29 is 9.72 Å². The van der Waals surface area contributed by atoms with Gasteiger partial charge in [0.15, 0.2) is 5.15 Å². The summed E-state index contributed by atoms with van der Waals surface area (Å²) in [7, 11) is 0. The average molecular weight is 360 g/mol. The van der Waals surface area contributed by atoms with E-state index in [1.54, 1.807) is 12.1 Å². The second-order valence-electron chi connectivity index (χ2n) is 5.03. The summed E-state index contributed by atoms with van der Waals surface area (Å²) in [6.45, 7) is -0.324. The van der Waals surface area contributed by atoms with Crippen molar-refractivity contribution in [2.75, 3.05) is 5.32 Å². The van der Waals surface area contributed by atoms with Crippen molar-refractivity contribution in [1.29, 1.82) is 0 Å². The van der Waals surface area contributed by atoms with Crippen LogP contribution in [0.5, 0.6) is 0 Å². The van der Waals surface area contributed by atoms with Crippen LogP contribution >= 0.6 is 11.6 Å². The first-order valence-electron chi connectivity index (χ1n) is 6.99. The predicted molar refractivity (Wildman–Crippen MR) is 90.5 cm³/mol. The van der Waals surface area contributed by atoms with E-state index in [4.69, 9.17) is 11.6 Å². The number of aromatic nitrogens is 3. The zero-order valence-corrected chi connectivity index (χ0v) is 13.3. The number of nitrogens with one attached hydrogen (secondary N) is 1. The van der Waals surface area contributed by atoms with Crippen LogP contribution < -0.4 is 10.9 Å². The highest BCUT2D eigenvalue weighted by Crippen LogP contribution is 2.18. The topological polar surface area (TPSA) is 120 Å². The maximum atomic E-state index is 12.4. The molecule has 0 radical (unpaired) electrons. The lowest BCUT2D eigenvalue weighted by molar-refractivity contribution is -0.384. The number of nitro benzene ring substituents is 1. The van der Waals surface area contributed by atoms with Crippen molar-refractivity contribution in [2.45, 2.75) is 6.54 Å². The Morgan fingerprint density at radius 2 is 2.12 bits per heavy atom. The molecule has 0 atom stereocenters. The van der Waals surface area contributed by atoms with Crippen LogP contribution in [0.15, 0.2) is 47.7 Å². The number of carbonyl (C=O) groups excluding carboxylic acids is 1. The molecule has 1 N–H and O–H groups in total. The maximum Gasteiger partial charge on any atom is 0.270 e. The molecule has 0 aliphatic rings. The molecule has 0 saturated heterocycles. The number of carbonyl (C=O) groups is 1. The summed E-state index contributed by atoms with van der Waals surface area (Å²) in [4.78, 5) is 42.7. The quantitative estimate of drug-likeness (QED) is 0.432. The van der Waals surface area contributed by atoms with E-state index in [2.05, 4.69) is 15.3 Å². The van der Waals surface area contributed by atoms with Gasteiger partial charge in [-0.1, -0.05) is 11.6 Å². The molecule has 126 valence electrons. The minimum Gasteiger partial charge on any atom is -0.322 e. The number of halogens is 1. The summed E-state index contributed by atoms with van der Waals surface area (Å²) in [5, 5.41) is 13.6. The predicted octanol–water partition coefficient (Wildman–Crippen LogP) is 1.99. The van der Waals surface area contributed by atoms with Gasteiger partial charge in [0.2, 0.25) is 5.91 Å². The molecule has 3 aromatic rings. The second kappa shape index (κ2) is 6.65. The molecule has 1 aromatic carbocycles. The fraction of sp³-hybridized carbons (Fsp3) is 0.0667. The number of rotatable bonds is 4. The largest absolute Gasteiger partial charge is 0.322 e. The van der Waals surface area contributed by atoms with Gasteiger partial charge in [-0.3, -0.25) is 24.3 Å². The zero-order valence-electron chi connectivity index (χ0n) is 12.5. The molecule has 10 heteroatoms. The third-order valence-electron chi connectivity index (χ3n) is 3.37. The van der Waals surface area contributed by atoms with E-state index in [0.29, 0.717) is 11.2 Å². The number of nitrogens with zero attached hydrogens (tertiary/aromatic N) is 4. The van der Waals surface area contributed by atoms with Crippen LogP contribution in [-0.2, 0) is 11.3 Å². The van der Waals surface area contributed by atoms with Gasteiger partial charge in [-0.05, 0) is 18.2 Å². The standard InChI is InChI=1S/C15H10ClN5O4/c16-14-12(2-1-5-17-14)19-13(22)7-20-8-18-11-4-3-9(21(24)25)6-10(11)15(20)23/h1-6,8H,7H2,(H,19,22). The number of pyridine rings is 1. The van der Waals surface area contributed by atoms with Gasteiger partial charge in [0.05, 0.1) is 27.8 Å². The third-order valence-corrected chi connectivity index (χ3v) is 3.67. The molecule has 0 unspecified atom stereocenters. The van der Waals surface area contributed by atoms with Gasteiger partial charge in [-0.15, -0.1) is 0 Å². The minimum atomic E-state index is -0.604. The van der Waals surface area contributed by atoms with Gasteiger partial charge in [-0.25, -0.2) is 9.97 Å². The van der Waals surface area contributed by atoms with Crippen molar-refractivity contribution >= 4 is 39.8 Å². The number of amides is 1. The molecule has 1 amide bonds. The molecule has 3 rings (SSSR count). The Hall–Kier alpha value is -3.33. The number of anilines is 1. The smallest absolute Gasteiger partial charge is 0.270 e. The summed E-state index contributed by atoms with van der Waals surface area (Å²) >= 11 is 5.86. The number of nitro groups is 1. The molecular weight excluding hydrogens is 350 g/mol. The molecule has 0 aliphatic heterocycles. The maximum absolute atomic E-state index is 12.4. The molecule has 2 aromatic heterocycles. The minimum absolute atomic E-state index is 0.0592. The zero-order chi connectivity index (χ0) is 18.0. The Kier molecular flexibility index (Phi) is 4.40. The normalized spacial score (nSPS) is 10.6. The molecule has 0 aliphatic carbocycles. The van der Waals surface area contributed by atoms with Crippen molar-refractivity contribution in [3.05, 3.63) is 68.5 Å². The highest BCUT2D eigenvalue weighted by Gasteiger charge is 2.13. The first kappa shape index (κ1) is 16.5. The first-order chi connectivity index (χ1) is 12.0. The summed E-state index contributed by atoms with van der Waals surface area (Å²) in [6.07, 6.45) is 2.68. The summed E-state index contributed by atoms with van der Waals surface area (Å²) in [5.74, 6) is -0.511. The van der Waals surface area contributed by atoms with Gasteiger partial charge in [-0.2, -0.15) is 0 Å². The fourth-order valence-corrected chi connectivity index (χ4v) is 2.36. The fourth-order valence-electron chi connectivity index (χ4n) is 2.20. The van der Waals surface area contributed by atoms with Crippen molar-refractivity contribution in [1.82, 2.24) is 14.5 Å². The molecule has 0 spiro atoms. The summed E-state index contributed by atoms with van der Waals surface area (Å²) < 4.78 is 1.06. The van der Waals surface area contributed by atoms with E-state index < -0.39 is 16.4 Å². The van der Waals surface area contributed by atoms with Gasteiger partial charge in [0.25, 0.3) is 11.2 Å². The van der Waals surface area contributed by atoms with Crippen molar-refractivity contribution in [3.63, 3.8) is 0 Å². The van der Waals surface area contributed by atoms with Crippen molar-refractivity contribution in [2.24, 2.45) is 0 Å². The molecule has 0 saturated carbocycles. The average Bonchev–Trinajstić information content (AvgIpc) is 2.59. The van der Waals surface area contributed by atoms with Crippen LogP contribution in [0.3, 0.4) is 0 Å². The van der Waals surface area contributed by atoms with E-state index in [-0.39, 0.29) is 22.8 Å². The van der Waals surface area contributed by atoms with E-state index in [9.17, 15) is 19.7 Å². The van der Waals surface area contributed by atoms with E-state index in [1.807, 2.05) is 0 Å². The Balaban J connectivity index is 1.90. The van der Waals surface area contributed by atoms with Crippen LogP contribution in [0.1, 0.15) is 0 Å². The number of hydrogen-bond donors (Lipinski definition) is 1. The van der Waals surface area contributed by atoms with Crippen LogP contribution in [0, 0.1) is 10.1 Å². The van der Waals surface area contributed by atoms with Crippen molar-refractivity contribution in [3.8, 4) is 0 Å². The van der Waals surface area contributed by atoms with Gasteiger partial charge in [0, 0.05) is 18.3 Å². The molecule has 25 heavy (non-hydrogen) atoms. The highest BCUT2D eigenvalue weighted by atomic mass is 35.5. The Bertz CT molecular complexity index is 1050. The SMILES string of the molecule is O=C(Cn1cnc2ccc([N+](=O)[O-])cc2c1=O)Nc1cccnc1Cl. The van der Waals surface area contributed by atoms with Crippen LogP contribution in [0.25, 0.3) is 10.9 Å².